The maximum atomic E-state index is 13.0. The van der Waals surface area contributed by atoms with Gasteiger partial charge in [0.1, 0.15) is 5.75 Å². The summed E-state index contributed by atoms with van der Waals surface area (Å²) >= 11 is 3.29. The lowest BCUT2D eigenvalue weighted by Crippen LogP contribution is -2.04. The minimum atomic E-state index is -0.0816. The number of halogens is 1. The zero-order chi connectivity index (χ0) is 15.9. The van der Waals surface area contributed by atoms with E-state index < -0.39 is 0 Å². The van der Waals surface area contributed by atoms with Crippen LogP contribution in [0, 0.1) is 6.92 Å². The summed E-state index contributed by atoms with van der Waals surface area (Å²) in [5.41, 5.74) is 3.40. The summed E-state index contributed by atoms with van der Waals surface area (Å²) in [4.78, 5) is 13.0. The number of hydrogen-bond donors (Lipinski definition) is 1. The Bertz CT molecular complexity index is 860. The first-order valence-corrected chi connectivity index (χ1v) is 7.82. The molecular formula is C17H15BrN2O2. The van der Waals surface area contributed by atoms with Gasteiger partial charge in [0.25, 0.3) is 0 Å². The van der Waals surface area contributed by atoms with Gasteiger partial charge in [-0.2, -0.15) is 5.10 Å². The number of fused-ring (bicyclic) bond motifs is 1. The lowest BCUT2D eigenvalue weighted by molar-refractivity contribution is 0.103. The molecule has 0 aliphatic rings. The average molecular weight is 359 g/mol. The highest BCUT2D eigenvalue weighted by molar-refractivity contribution is 9.10. The van der Waals surface area contributed by atoms with Crippen molar-refractivity contribution in [2.75, 3.05) is 0 Å². The number of pyridine rings is 1. The van der Waals surface area contributed by atoms with Crippen LogP contribution in [0.5, 0.6) is 5.75 Å². The summed E-state index contributed by atoms with van der Waals surface area (Å²) in [6.45, 7) is 3.75. The number of aromatic hydroxyl groups is 1. The molecule has 112 valence electrons. The third-order valence-electron chi connectivity index (χ3n) is 3.69. The second-order valence-corrected chi connectivity index (χ2v) is 6.01. The van der Waals surface area contributed by atoms with E-state index in [1.54, 1.807) is 23.6 Å². The minimum Gasteiger partial charge on any atom is -0.506 e. The number of carbonyl (C=O) groups is 1. The number of carbonyl (C=O) groups excluding carboxylic acids is 1. The SMILES string of the molecule is CCc1nn2ccccc2c1C(=O)c1cc(C)c(O)c(Br)c1. The van der Waals surface area contributed by atoms with Crippen molar-refractivity contribution in [3.05, 3.63) is 63.4 Å². The van der Waals surface area contributed by atoms with E-state index in [-0.39, 0.29) is 11.5 Å². The molecule has 0 saturated heterocycles. The van der Waals surface area contributed by atoms with E-state index in [0.29, 0.717) is 27.6 Å². The first-order valence-electron chi connectivity index (χ1n) is 7.03. The fraction of sp³-hybridized carbons (Fsp3) is 0.176. The molecule has 0 saturated carbocycles. The molecular weight excluding hydrogens is 344 g/mol. The van der Waals surface area contributed by atoms with Crippen molar-refractivity contribution in [3.63, 3.8) is 0 Å². The van der Waals surface area contributed by atoms with E-state index in [4.69, 9.17) is 0 Å². The van der Waals surface area contributed by atoms with E-state index >= 15 is 0 Å². The van der Waals surface area contributed by atoms with Crippen molar-refractivity contribution >= 4 is 27.2 Å². The van der Waals surface area contributed by atoms with Crippen molar-refractivity contribution in [2.24, 2.45) is 0 Å². The molecule has 0 aliphatic carbocycles. The second-order valence-electron chi connectivity index (χ2n) is 5.16. The van der Waals surface area contributed by atoms with Crippen molar-refractivity contribution in [2.45, 2.75) is 20.3 Å². The quantitative estimate of drug-likeness (QED) is 0.722. The van der Waals surface area contributed by atoms with Crippen molar-refractivity contribution in [3.8, 4) is 5.75 Å². The Hall–Kier alpha value is -2.14. The Labute approximate surface area is 136 Å². The van der Waals surface area contributed by atoms with Gasteiger partial charge in [0.05, 0.1) is 21.2 Å². The molecule has 2 aromatic heterocycles. The molecule has 22 heavy (non-hydrogen) atoms. The van der Waals surface area contributed by atoms with Crippen molar-refractivity contribution in [1.82, 2.24) is 9.61 Å². The maximum Gasteiger partial charge on any atom is 0.197 e. The predicted octanol–water partition coefficient (Wildman–Crippen LogP) is 3.90. The molecule has 0 aliphatic heterocycles. The fourth-order valence-corrected chi connectivity index (χ4v) is 3.11. The molecule has 0 atom stereocenters. The summed E-state index contributed by atoms with van der Waals surface area (Å²) in [6.07, 6.45) is 2.52. The van der Waals surface area contributed by atoms with Crippen LogP contribution < -0.4 is 0 Å². The van der Waals surface area contributed by atoms with Gasteiger partial charge >= 0.3 is 0 Å². The molecule has 0 amide bonds. The lowest BCUT2D eigenvalue weighted by Gasteiger charge is -2.07. The summed E-state index contributed by atoms with van der Waals surface area (Å²) < 4.78 is 2.25. The smallest absolute Gasteiger partial charge is 0.197 e. The fourth-order valence-electron chi connectivity index (χ4n) is 2.55. The van der Waals surface area contributed by atoms with Crippen molar-refractivity contribution in [1.29, 1.82) is 0 Å². The summed E-state index contributed by atoms with van der Waals surface area (Å²) in [7, 11) is 0. The third-order valence-corrected chi connectivity index (χ3v) is 4.30. The number of hydrogen-bond acceptors (Lipinski definition) is 3. The molecule has 0 unspecified atom stereocenters. The number of ketones is 1. The third kappa shape index (κ3) is 2.31. The Morgan fingerprint density at radius 3 is 2.82 bits per heavy atom. The van der Waals surface area contributed by atoms with Gasteiger partial charge in [-0.05, 0) is 59.1 Å². The molecule has 0 fully saturated rings. The summed E-state index contributed by atoms with van der Waals surface area (Å²) in [5.74, 6) is 0.0778. The molecule has 2 heterocycles. The van der Waals surface area contributed by atoms with Gasteiger partial charge in [-0.25, -0.2) is 4.52 Å². The van der Waals surface area contributed by atoms with Crippen LogP contribution in [0.3, 0.4) is 0 Å². The number of nitrogens with zero attached hydrogens (tertiary/aromatic N) is 2. The first-order chi connectivity index (χ1) is 10.5. The molecule has 0 spiro atoms. The number of benzene rings is 1. The predicted molar refractivity (Wildman–Crippen MR) is 88.5 cm³/mol. The Morgan fingerprint density at radius 2 is 2.14 bits per heavy atom. The molecule has 1 aromatic carbocycles. The minimum absolute atomic E-state index is 0.0816. The number of rotatable bonds is 3. The van der Waals surface area contributed by atoms with Crippen LogP contribution in [0.2, 0.25) is 0 Å². The van der Waals surface area contributed by atoms with Gasteiger partial charge in [0, 0.05) is 11.8 Å². The van der Waals surface area contributed by atoms with Crippen LogP contribution in [0.25, 0.3) is 5.52 Å². The van der Waals surface area contributed by atoms with E-state index in [1.807, 2.05) is 31.3 Å². The summed E-state index contributed by atoms with van der Waals surface area (Å²) in [6, 6.07) is 9.02. The van der Waals surface area contributed by atoms with E-state index in [2.05, 4.69) is 21.0 Å². The van der Waals surface area contributed by atoms with Crippen LogP contribution in [-0.2, 0) is 6.42 Å². The molecule has 4 nitrogen and oxygen atoms in total. The van der Waals surface area contributed by atoms with Crippen LogP contribution in [0.1, 0.15) is 34.1 Å². The van der Waals surface area contributed by atoms with Gasteiger partial charge in [-0.3, -0.25) is 4.79 Å². The molecule has 0 bridgehead atoms. The normalized spacial score (nSPS) is 11.0. The van der Waals surface area contributed by atoms with Gasteiger partial charge in [-0.15, -0.1) is 0 Å². The van der Waals surface area contributed by atoms with E-state index in [9.17, 15) is 9.90 Å². The number of phenols is 1. The number of aryl methyl sites for hydroxylation is 2. The van der Waals surface area contributed by atoms with Gasteiger partial charge in [-0.1, -0.05) is 13.0 Å². The molecule has 3 rings (SSSR count). The maximum absolute atomic E-state index is 13.0. The zero-order valence-electron chi connectivity index (χ0n) is 12.3. The van der Waals surface area contributed by atoms with Gasteiger partial charge in [0.15, 0.2) is 5.78 Å². The summed E-state index contributed by atoms with van der Waals surface area (Å²) in [5, 5.41) is 14.3. The van der Waals surface area contributed by atoms with E-state index in [0.717, 1.165) is 11.2 Å². The molecule has 5 heteroatoms. The Kier molecular flexibility index (Phi) is 3.74. The highest BCUT2D eigenvalue weighted by Gasteiger charge is 2.21. The van der Waals surface area contributed by atoms with Crippen molar-refractivity contribution < 1.29 is 9.90 Å². The second kappa shape index (κ2) is 5.57. The Morgan fingerprint density at radius 1 is 1.36 bits per heavy atom. The first kappa shape index (κ1) is 14.8. The van der Waals surface area contributed by atoms with Crippen LogP contribution in [-0.4, -0.2) is 20.5 Å². The number of aromatic nitrogens is 2. The standard InChI is InChI=1S/C17H15BrN2O2/c1-3-13-15(14-6-4-5-7-20(14)19-13)17(22)11-8-10(2)16(21)12(18)9-11/h4-9,21H,3H2,1-2H3. The average Bonchev–Trinajstić information content (AvgIpc) is 2.89. The van der Waals surface area contributed by atoms with Gasteiger partial charge in [0.2, 0.25) is 0 Å². The van der Waals surface area contributed by atoms with Crippen LogP contribution in [0.4, 0.5) is 0 Å². The number of phenolic OH excluding ortho intramolecular Hbond substituents is 1. The zero-order valence-corrected chi connectivity index (χ0v) is 13.9. The lowest BCUT2D eigenvalue weighted by atomic mass is 9.99. The largest absolute Gasteiger partial charge is 0.506 e. The monoisotopic (exact) mass is 358 g/mol. The highest BCUT2D eigenvalue weighted by Crippen LogP contribution is 2.30. The molecule has 1 N–H and O–H groups in total. The Balaban J connectivity index is 2.21. The highest BCUT2D eigenvalue weighted by atomic mass is 79.9. The van der Waals surface area contributed by atoms with Gasteiger partial charge < -0.3 is 5.11 Å². The van der Waals surface area contributed by atoms with Crippen LogP contribution >= 0.6 is 15.9 Å². The molecule has 0 radical (unpaired) electrons. The van der Waals surface area contributed by atoms with E-state index in [1.165, 1.54) is 0 Å². The topological polar surface area (TPSA) is 54.6 Å². The molecule has 3 aromatic rings. The van der Waals surface area contributed by atoms with Crippen LogP contribution in [0.15, 0.2) is 41.0 Å².